The quantitative estimate of drug-likeness (QED) is 0.516. The number of amides is 1. The third-order valence-corrected chi connectivity index (χ3v) is 2.95. The average molecular weight is 271 g/mol. The lowest BCUT2D eigenvalue weighted by Crippen LogP contribution is -3.04. The van der Waals surface area contributed by atoms with Crippen molar-refractivity contribution in [2.24, 2.45) is 0 Å². The second-order valence-corrected chi connectivity index (χ2v) is 5.43. The predicted octanol–water partition coefficient (Wildman–Crippen LogP) is -0.503. The zero-order valence-corrected chi connectivity index (χ0v) is 11.7. The van der Waals surface area contributed by atoms with Gasteiger partial charge in [0.25, 0.3) is 11.1 Å². The highest BCUT2D eigenvalue weighted by Crippen LogP contribution is 2.21. The van der Waals surface area contributed by atoms with Gasteiger partial charge >= 0.3 is 0 Å². The predicted molar refractivity (Wildman–Crippen MR) is 69.3 cm³/mol. The van der Waals surface area contributed by atoms with E-state index in [-0.39, 0.29) is 11.2 Å². The third kappa shape index (κ3) is 4.89. The van der Waals surface area contributed by atoms with Crippen LogP contribution in [0.4, 0.5) is 0 Å². The molecule has 1 rings (SSSR count). The summed E-state index contributed by atoms with van der Waals surface area (Å²) >= 11 is 1.25. The molecule has 1 atom stereocenters. The summed E-state index contributed by atoms with van der Waals surface area (Å²) < 4.78 is 5.44. The zero-order valence-electron chi connectivity index (χ0n) is 10.9. The molecular weight excluding hydrogens is 252 g/mol. The molecular formula is C11H19N4O2S+. The van der Waals surface area contributed by atoms with E-state index in [0.717, 1.165) is 0 Å². The van der Waals surface area contributed by atoms with Crippen molar-refractivity contribution in [1.82, 2.24) is 15.5 Å². The summed E-state index contributed by atoms with van der Waals surface area (Å²) in [6.07, 6.45) is 1.64. The number of carbonyl (C=O) groups excluding carboxylic acids is 1. The molecule has 100 valence electrons. The van der Waals surface area contributed by atoms with Crippen molar-refractivity contribution in [1.29, 1.82) is 0 Å². The summed E-state index contributed by atoms with van der Waals surface area (Å²) in [6.45, 7) is 6.47. The Hall–Kier alpha value is -1.34. The molecule has 0 saturated heterocycles. The van der Waals surface area contributed by atoms with E-state index in [1.54, 1.807) is 13.0 Å². The number of rotatable bonds is 7. The van der Waals surface area contributed by atoms with E-state index in [0.29, 0.717) is 24.2 Å². The summed E-state index contributed by atoms with van der Waals surface area (Å²) in [6, 6.07) is 0. The van der Waals surface area contributed by atoms with Gasteiger partial charge in [0, 0.05) is 6.54 Å². The topological polar surface area (TPSA) is 72.5 Å². The maximum Gasteiger partial charge on any atom is 0.277 e. The first-order chi connectivity index (χ1) is 8.52. The van der Waals surface area contributed by atoms with Gasteiger partial charge in [0.15, 0.2) is 6.54 Å². The number of quaternary nitrogens is 1. The van der Waals surface area contributed by atoms with Gasteiger partial charge in [0.1, 0.15) is 0 Å². The lowest BCUT2D eigenvalue weighted by molar-refractivity contribution is -0.874. The molecule has 18 heavy (non-hydrogen) atoms. The van der Waals surface area contributed by atoms with E-state index in [4.69, 9.17) is 4.42 Å². The van der Waals surface area contributed by atoms with E-state index in [2.05, 4.69) is 22.1 Å². The Kier molecular flexibility index (Phi) is 5.87. The van der Waals surface area contributed by atoms with Crippen molar-refractivity contribution >= 4 is 17.7 Å². The van der Waals surface area contributed by atoms with Gasteiger partial charge in [-0.25, -0.2) is 0 Å². The summed E-state index contributed by atoms with van der Waals surface area (Å²) in [5.74, 6) is 0.508. The first kappa shape index (κ1) is 14.7. The third-order valence-electron chi connectivity index (χ3n) is 2.02. The highest BCUT2D eigenvalue weighted by atomic mass is 32.2. The molecule has 0 fully saturated rings. The largest absolute Gasteiger partial charge is 0.410 e. The molecule has 6 nitrogen and oxygen atoms in total. The molecule has 0 aliphatic heterocycles. The Morgan fingerprint density at radius 1 is 1.61 bits per heavy atom. The summed E-state index contributed by atoms with van der Waals surface area (Å²) in [5, 5.41) is 10.7. The van der Waals surface area contributed by atoms with Gasteiger partial charge in [-0.3, -0.25) is 4.79 Å². The van der Waals surface area contributed by atoms with Gasteiger partial charge in [-0.1, -0.05) is 17.8 Å². The average Bonchev–Trinajstić information content (AvgIpc) is 2.72. The Bertz CT molecular complexity index is 406. The van der Waals surface area contributed by atoms with Crippen LogP contribution in [0.5, 0.6) is 0 Å². The van der Waals surface area contributed by atoms with E-state index >= 15 is 0 Å². The summed E-state index contributed by atoms with van der Waals surface area (Å²) in [5.41, 5.74) is 0. The SMILES string of the molecule is C=CCNC(=O)[C@@H](C)Sc1nnc(C[NH+](C)C)o1. The minimum absolute atomic E-state index is 0.0714. The number of carbonyl (C=O) groups is 1. The summed E-state index contributed by atoms with van der Waals surface area (Å²) in [7, 11) is 4.00. The van der Waals surface area contributed by atoms with Crippen LogP contribution in [0.2, 0.25) is 0 Å². The lowest BCUT2D eigenvalue weighted by Gasteiger charge is -2.07. The van der Waals surface area contributed by atoms with Crippen LogP contribution in [0.15, 0.2) is 22.3 Å². The van der Waals surface area contributed by atoms with Gasteiger partial charge in [-0.2, -0.15) is 0 Å². The fraction of sp³-hybridized carbons (Fsp3) is 0.545. The van der Waals surface area contributed by atoms with Gasteiger partial charge in [-0.15, -0.1) is 16.8 Å². The van der Waals surface area contributed by atoms with Crippen LogP contribution < -0.4 is 10.2 Å². The van der Waals surface area contributed by atoms with Crippen molar-refractivity contribution in [3.63, 3.8) is 0 Å². The second kappa shape index (κ2) is 7.17. The Balaban J connectivity index is 2.48. The van der Waals surface area contributed by atoms with E-state index in [1.807, 2.05) is 14.1 Å². The van der Waals surface area contributed by atoms with Gasteiger partial charge in [-0.05, 0) is 6.92 Å². The Morgan fingerprint density at radius 2 is 2.33 bits per heavy atom. The smallest absolute Gasteiger partial charge is 0.277 e. The molecule has 1 aromatic rings. The molecule has 0 aliphatic rings. The van der Waals surface area contributed by atoms with E-state index in [1.165, 1.54) is 16.7 Å². The van der Waals surface area contributed by atoms with Crippen molar-refractivity contribution in [3.05, 3.63) is 18.5 Å². The zero-order chi connectivity index (χ0) is 13.5. The minimum Gasteiger partial charge on any atom is -0.410 e. The van der Waals surface area contributed by atoms with Gasteiger partial charge < -0.3 is 14.6 Å². The highest BCUT2D eigenvalue weighted by molar-refractivity contribution is 8.00. The molecule has 7 heteroatoms. The Labute approximate surface area is 111 Å². The highest BCUT2D eigenvalue weighted by Gasteiger charge is 2.18. The van der Waals surface area contributed by atoms with Crippen LogP contribution in [0.1, 0.15) is 12.8 Å². The lowest BCUT2D eigenvalue weighted by atomic mass is 10.4. The number of hydrogen-bond donors (Lipinski definition) is 2. The molecule has 0 aliphatic carbocycles. The first-order valence-electron chi connectivity index (χ1n) is 5.69. The van der Waals surface area contributed by atoms with Crippen LogP contribution in [0.3, 0.4) is 0 Å². The monoisotopic (exact) mass is 271 g/mol. The number of nitrogens with zero attached hydrogens (tertiary/aromatic N) is 2. The van der Waals surface area contributed by atoms with Crippen molar-refractivity contribution in [2.45, 2.75) is 23.9 Å². The molecule has 0 unspecified atom stereocenters. The molecule has 0 bridgehead atoms. The van der Waals surface area contributed by atoms with Crippen molar-refractivity contribution < 1.29 is 14.1 Å². The fourth-order valence-electron chi connectivity index (χ4n) is 1.18. The number of aromatic nitrogens is 2. The van der Waals surface area contributed by atoms with Crippen LogP contribution in [0, 0.1) is 0 Å². The maximum atomic E-state index is 11.6. The molecule has 0 saturated carbocycles. The molecule has 1 aromatic heterocycles. The van der Waals surface area contributed by atoms with Crippen molar-refractivity contribution in [3.8, 4) is 0 Å². The van der Waals surface area contributed by atoms with Gasteiger partial charge in [0.05, 0.1) is 19.3 Å². The maximum absolute atomic E-state index is 11.6. The molecule has 1 amide bonds. The minimum atomic E-state index is -0.273. The molecule has 2 N–H and O–H groups in total. The normalized spacial score (nSPS) is 12.4. The van der Waals surface area contributed by atoms with Gasteiger partial charge in [0.2, 0.25) is 5.91 Å². The van der Waals surface area contributed by atoms with Crippen molar-refractivity contribution in [2.75, 3.05) is 20.6 Å². The molecule has 1 heterocycles. The van der Waals surface area contributed by atoms with Crippen LogP contribution in [0.25, 0.3) is 0 Å². The van der Waals surface area contributed by atoms with E-state index < -0.39 is 0 Å². The number of hydrogen-bond acceptors (Lipinski definition) is 5. The van der Waals surface area contributed by atoms with Crippen LogP contribution in [-0.4, -0.2) is 42.0 Å². The number of nitrogens with one attached hydrogen (secondary N) is 2. The Morgan fingerprint density at radius 3 is 2.94 bits per heavy atom. The fourth-order valence-corrected chi connectivity index (χ4v) is 1.91. The molecule has 0 spiro atoms. The van der Waals surface area contributed by atoms with Crippen LogP contribution in [-0.2, 0) is 11.3 Å². The van der Waals surface area contributed by atoms with Crippen LogP contribution >= 0.6 is 11.8 Å². The summed E-state index contributed by atoms with van der Waals surface area (Å²) in [4.78, 5) is 12.8. The first-order valence-corrected chi connectivity index (χ1v) is 6.57. The number of thioether (sulfide) groups is 1. The second-order valence-electron chi connectivity index (χ2n) is 4.14. The standard InChI is InChI=1S/C11H18N4O2S/c1-5-6-12-10(16)8(2)18-11-14-13-9(17-11)7-15(3)4/h5,8H,1,6-7H2,2-4H3,(H,12,16)/p+1/t8-/m1/s1. The molecule has 0 radical (unpaired) electrons. The van der Waals surface area contributed by atoms with E-state index in [9.17, 15) is 4.79 Å². The molecule has 0 aromatic carbocycles.